The van der Waals surface area contributed by atoms with Gasteiger partial charge in [0.15, 0.2) is 11.8 Å². The Morgan fingerprint density at radius 2 is 2.14 bits per heavy atom. The van der Waals surface area contributed by atoms with E-state index in [4.69, 9.17) is 4.52 Å². The molecule has 2 aromatic rings. The second-order valence-electron chi connectivity index (χ2n) is 4.92. The van der Waals surface area contributed by atoms with E-state index in [0.29, 0.717) is 42.7 Å². The molecule has 0 spiro atoms. The Morgan fingerprint density at radius 1 is 1.32 bits per heavy atom. The standard InChI is InChI=1S/C15H20FN5O/c1-10-8-12(4-5-13(10)16)9-19-15(17-3)18-7-6-14-20-11(2)21-22-14/h4-5,8H,6-7,9H2,1-3H3,(H2,17,18,19). The topological polar surface area (TPSA) is 75.3 Å². The fourth-order valence-corrected chi connectivity index (χ4v) is 1.95. The van der Waals surface area contributed by atoms with Crippen LogP contribution in [0.4, 0.5) is 4.39 Å². The van der Waals surface area contributed by atoms with Crippen molar-refractivity contribution in [2.24, 2.45) is 4.99 Å². The van der Waals surface area contributed by atoms with Gasteiger partial charge in [0.2, 0.25) is 5.89 Å². The Hall–Kier alpha value is -2.44. The Kier molecular flexibility index (Phi) is 5.46. The lowest BCUT2D eigenvalue weighted by atomic mass is 10.1. The van der Waals surface area contributed by atoms with Gasteiger partial charge >= 0.3 is 0 Å². The highest BCUT2D eigenvalue weighted by Gasteiger charge is 2.04. The lowest BCUT2D eigenvalue weighted by Crippen LogP contribution is -2.37. The molecule has 2 N–H and O–H groups in total. The van der Waals surface area contributed by atoms with Crippen molar-refractivity contribution in [1.29, 1.82) is 0 Å². The summed E-state index contributed by atoms with van der Waals surface area (Å²) in [4.78, 5) is 8.26. The van der Waals surface area contributed by atoms with Crippen LogP contribution in [0.5, 0.6) is 0 Å². The molecule has 7 heteroatoms. The number of halogens is 1. The summed E-state index contributed by atoms with van der Waals surface area (Å²) in [6.45, 7) is 4.73. The second-order valence-corrected chi connectivity index (χ2v) is 4.92. The maximum atomic E-state index is 13.2. The van der Waals surface area contributed by atoms with Crippen LogP contribution in [0.2, 0.25) is 0 Å². The molecule has 0 aliphatic rings. The van der Waals surface area contributed by atoms with Crippen LogP contribution in [0.25, 0.3) is 0 Å². The first kappa shape index (κ1) is 15.9. The molecule has 1 aromatic carbocycles. The summed E-state index contributed by atoms with van der Waals surface area (Å²) in [7, 11) is 1.70. The Morgan fingerprint density at radius 3 is 2.77 bits per heavy atom. The third-order valence-electron chi connectivity index (χ3n) is 3.11. The molecular formula is C15H20FN5O. The molecule has 0 saturated carbocycles. The van der Waals surface area contributed by atoms with Crippen molar-refractivity contribution in [3.8, 4) is 0 Å². The van der Waals surface area contributed by atoms with Crippen LogP contribution in [0.15, 0.2) is 27.7 Å². The van der Waals surface area contributed by atoms with Crippen molar-refractivity contribution in [3.63, 3.8) is 0 Å². The molecule has 22 heavy (non-hydrogen) atoms. The molecule has 1 heterocycles. The predicted octanol–water partition coefficient (Wildman–Crippen LogP) is 1.73. The largest absolute Gasteiger partial charge is 0.356 e. The zero-order valence-electron chi connectivity index (χ0n) is 13.0. The Balaban J connectivity index is 1.78. The van der Waals surface area contributed by atoms with Gasteiger partial charge in [0, 0.05) is 26.6 Å². The van der Waals surface area contributed by atoms with Gasteiger partial charge in [-0.1, -0.05) is 17.3 Å². The summed E-state index contributed by atoms with van der Waals surface area (Å²) < 4.78 is 18.3. The molecule has 0 aliphatic carbocycles. The van der Waals surface area contributed by atoms with Gasteiger partial charge in [0.25, 0.3) is 0 Å². The van der Waals surface area contributed by atoms with Gasteiger partial charge in [-0.2, -0.15) is 4.98 Å². The first-order valence-electron chi connectivity index (χ1n) is 7.07. The molecule has 0 unspecified atom stereocenters. The van der Waals surface area contributed by atoms with Crippen molar-refractivity contribution in [3.05, 3.63) is 46.9 Å². The summed E-state index contributed by atoms with van der Waals surface area (Å²) in [5.74, 6) is 1.69. The summed E-state index contributed by atoms with van der Waals surface area (Å²) >= 11 is 0. The number of hydrogen-bond acceptors (Lipinski definition) is 4. The average molecular weight is 305 g/mol. The lowest BCUT2D eigenvalue weighted by molar-refractivity contribution is 0.374. The number of aromatic nitrogens is 2. The number of rotatable bonds is 5. The molecule has 0 bridgehead atoms. The first-order valence-corrected chi connectivity index (χ1v) is 7.07. The minimum atomic E-state index is -0.193. The van der Waals surface area contributed by atoms with Crippen LogP contribution < -0.4 is 10.6 Å². The number of hydrogen-bond donors (Lipinski definition) is 2. The van der Waals surface area contributed by atoms with E-state index in [9.17, 15) is 4.39 Å². The maximum Gasteiger partial charge on any atom is 0.228 e. The zero-order valence-corrected chi connectivity index (χ0v) is 13.0. The average Bonchev–Trinajstić information content (AvgIpc) is 2.91. The minimum absolute atomic E-state index is 0.193. The van der Waals surface area contributed by atoms with Crippen molar-refractivity contribution in [2.75, 3.05) is 13.6 Å². The fraction of sp³-hybridized carbons (Fsp3) is 0.400. The van der Waals surface area contributed by atoms with E-state index in [-0.39, 0.29) is 5.82 Å². The number of aliphatic imine (C=N–C) groups is 1. The molecule has 0 radical (unpaired) electrons. The third-order valence-corrected chi connectivity index (χ3v) is 3.11. The molecule has 118 valence electrons. The fourth-order valence-electron chi connectivity index (χ4n) is 1.95. The van der Waals surface area contributed by atoms with Gasteiger partial charge in [-0.3, -0.25) is 4.99 Å². The van der Waals surface area contributed by atoms with Gasteiger partial charge < -0.3 is 15.2 Å². The monoisotopic (exact) mass is 305 g/mol. The van der Waals surface area contributed by atoms with Gasteiger partial charge in [-0.05, 0) is 31.0 Å². The summed E-state index contributed by atoms with van der Waals surface area (Å²) in [6, 6.07) is 5.04. The van der Waals surface area contributed by atoms with E-state index < -0.39 is 0 Å². The lowest BCUT2D eigenvalue weighted by Gasteiger charge is -2.11. The van der Waals surface area contributed by atoms with E-state index in [1.54, 1.807) is 27.0 Å². The summed E-state index contributed by atoms with van der Waals surface area (Å²) in [5.41, 5.74) is 1.63. The number of nitrogens with zero attached hydrogens (tertiary/aromatic N) is 3. The van der Waals surface area contributed by atoms with Gasteiger partial charge in [-0.25, -0.2) is 4.39 Å². The maximum absolute atomic E-state index is 13.2. The normalized spacial score (nSPS) is 11.5. The van der Waals surface area contributed by atoms with Crippen molar-refractivity contribution < 1.29 is 8.91 Å². The molecule has 6 nitrogen and oxygen atoms in total. The highest BCUT2D eigenvalue weighted by molar-refractivity contribution is 5.79. The molecule has 2 rings (SSSR count). The number of guanidine groups is 1. The molecule has 0 fully saturated rings. The quantitative estimate of drug-likeness (QED) is 0.650. The Bertz CT molecular complexity index is 653. The van der Waals surface area contributed by atoms with Crippen LogP contribution in [0.3, 0.4) is 0 Å². The van der Waals surface area contributed by atoms with Crippen molar-refractivity contribution >= 4 is 5.96 Å². The molecule has 1 aromatic heterocycles. The molecule has 0 amide bonds. The van der Waals surface area contributed by atoms with Crippen molar-refractivity contribution in [2.45, 2.75) is 26.8 Å². The van der Waals surface area contributed by atoms with Gasteiger partial charge in [0.05, 0.1) is 0 Å². The van der Waals surface area contributed by atoms with E-state index in [2.05, 4.69) is 25.8 Å². The molecule has 0 aliphatic heterocycles. The zero-order chi connectivity index (χ0) is 15.9. The van der Waals surface area contributed by atoms with Crippen LogP contribution in [0.1, 0.15) is 22.8 Å². The van der Waals surface area contributed by atoms with E-state index in [0.717, 1.165) is 5.56 Å². The summed E-state index contributed by atoms with van der Waals surface area (Å²) in [5, 5.41) is 10.1. The van der Waals surface area contributed by atoms with Gasteiger partial charge in [0.1, 0.15) is 5.82 Å². The third kappa shape index (κ3) is 4.54. The smallest absolute Gasteiger partial charge is 0.228 e. The first-order chi connectivity index (χ1) is 10.6. The Labute approximate surface area is 128 Å². The highest BCUT2D eigenvalue weighted by atomic mass is 19.1. The van der Waals surface area contributed by atoms with E-state index >= 15 is 0 Å². The SMILES string of the molecule is CN=C(NCCc1nc(C)no1)NCc1ccc(F)c(C)c1. The van der Waals surface area contributed by atoms with Crippen LogP contribution in [-0.4, -0.2) is 29.7 Å². The number of aryl methyl sites for hydroxylation is 2. The van der Waals surface area contributed by atoms with Crippen molar-refractivity contribution in [1.82, 2.24) is 20.8 Å². The van der Waals surface area contributed by atoms with Crippen LogP contribution >= 0.6 is 0 Å². The van der Waals surface area contributed by atoms with E-state index in [1.165, 1.54) is 6.07 Å². The molecular weight excluding hydrogens is 285 g/mol. The van der Waals surface area contributed by atoms with Crippen LogP contribution in [-0.2, 0) is 13.0 Å². The number of nitrogens with one attached hydrogen (secondary N) is 2. The number of benzene rings is 1. The molecule has 0 saturated heterocycles. The summed E-state index contributed by atoms with van der Waals surface area (Å²) in [6.07, 6.45) is 0.622. The highest BCUT2D eigenvalue weighted by Crippen LogP contribution is 2.08. The van der Waals surface area contributed by atoms with Gasteiger partial charge in [-0.15, -0.1) is 0 Å². The van der Waals surface area contributed by atoms with E-state index in [1.807, 2.05) is 6.07 Å². The second kappa shape index (κ2) is 7.53. The minimum Gasteiger partial charge on any atom is -0.356 e. The predicted molar refractivity (Wildman–Crippen MR) is 82.1 cm³/mol. The molecule has 0 atom stereocenters. The van der Waals surface area contributed by atoms with Crippen LogP contribution in [0, 0.1) is 19.7 Å².